The van der Waals surface area contributed by atoms with E-state index in [0.29, 0.717) is 6.20 Å². The van der Waals surface area contributed by atoms with Crippen molar-refractivity contribution in [1.29, 1.82) is 4.78 Å². The monoisotopic (exact) mass is 290 g/mol. The van der Waals surface area contributed by atoms with Gasteiger partial charge >= 0.3 is 6.18 Å². The van der Waals surface area contributed by atoms with Gasteiger partial charge in [-0.2, -0.15) is 18.3 Å². The van der Waals surface area contributed by atoms with Gasteiger partial charge in [-0.1, -0.05) is 0 Å². The molecule has 1 unspecified atom stereocenters. The van der Waals surface area contributed by atoms with Gasteiger partial charge < -0.3 is 0 Å². The number of nitrogens with zero attached hydrogens (tertiary/aromatic N) is 3. The number of hydrogen-bond acceptors (Lipinski definition) is 4. The van der Waals surface area contributed by atoms with Crippen molar-refractivity contribution in [3.8, 4) is 5.69 Å². The van der Waals surface area contributed by atoms with E-state index in [2.05, 4.69) is 10.1 Å². The van der Waals surface area contributed by atoms with Gasteiger partial charge in [-0.15, -0.1) is 0 Å². The van der Waals surface area contributed by atoms with Gasteiger partial charge in [0.05, 0.1) is 27.2 Å². The molecule has 0 saturated carbocycles. The molecule has 19 heavy (non-hydrogen) atoms. The number of nitrogens with one attached hydrogen (secondary N) is 1. The Morgan fingerprint density at radius 1 is 1.42 bits per heavy atom. The van der Waals surface area contributed by atoms with Crippen LogP contribution in [-0.4, -0.2) is 25.2 Å². The zero-order valence-electron chi connectivity index (χ0n) is 9.68. The highest BCUT2D eigenvalue weighted by Crippen LogP contribution is 2.29. The number of hydrogen-bond donors (Lipinski definition) is 1. The number of aromatic nitrogens is 3. The lowest BCUT2D eigenvalue weighted by Crippen LogP contribution is -2.04. The molecular weight excluding hydrogens is 281 g/mol. The van der Waals surface area contributed by atoms with E-state index in [1.165, 1.54) is 24.6 Å². The van der Waals surface area contributed by atoms with Gasteiger partial charge in [0.1, 0.15) is 5.03 Å². The van der Waals surface area contributed by atoms with Crippen LogP contribution in [0.4, 0.5) is 13.2 Å². The quantitative estimate of drug-likeness (QED) is 0.922. The highest BCUT2D eigenvalue weighted by molar-refractivity contribution is 7.91. The first-order valence-corrected chi connectivity index (χ1v) is 6.96. The second-order valence-electron chi connectivity index (χ2n) is 3.87. The largest absolute Gasteiger partial charge is 0.419 e. The highest BCUT2D eigenvalue weighted by Gasteiger charge is 2.32. The van der Waals surface area contributed by atoms with Gasteiger partial charge in [0.15, 0.2) is 0 Å². The van der Waals surface area contributed by atoms with Crippen molar-refractivity contribution in [2.24, 2.45) is 0 Å². The summed E-state index contributed by atoms with van der Waals surface area (Å²) in [5, 5.41) is 3.59. The van der Waals surface area contributed by atoms with Crippen LogP contribution in [0.3, 0.4) is 0 Å². The van der Waals surface area contributed by atoms with Gasteiger partial charge in [-0.3, -0.25) is 0 Å². The predicted octanol–water partition coefficient (Wildman–Crippen LogP) is 2.32. The summed E-state index contributed by atoms with van der Waals surface area (Å²) in [6.07, 6.45) is -0.493. The molecule has 2 aromatic heterocycles. The van der Waals surface area contributed by atoms with Crippen LogP contribution in [0.2, 0.25) is 0 Å². The summed E-state index contributed by atoms with van der Waals surface area (Å²) in [5.41, 5.74) is -0.615. The van der Waals surface area contributed by atoms with E-state index >= 15 is 0 Å². The van der Waals surface area contributed by atoms with Crippen molar-refractivity contribution in [3.05, 3.63) is 36.3 Å². The first kappa shape index (κ1) is 13.5. The van der Waals surface area contributed by atoms with Crippen LogP contribution >= 0.6 is 0 Å². The number of rotatable bonds is 2. The van der Waals surface area contributed by atoms with Crippen molar-refractivity contribution in [3.63, 3.8) is 0 Å². The van der Waals surface area contributed by atoms with Crippen molar-refractivity contribution < 1.29 is 17.4 Å². The second-order valence-corrected chi connectivity index (χ2v) is 5.97. The normalized spacial score (nSPS) is 15.2. The van der Waals surface area contributed by atoms with Gasteiger partial charge in [0.25, 0.3) is 0 Å². The Morgan fingerprint density at radius 3 is 2.63 bits per heavy atom. The molecular formula is C10H9F3N4OS. The Balaban J connectivity index is 2.46. The van der Waals surface area contributed by atoms with E-state index in [0.717, 1.165) is 10.9 Å². The summed E-state index contributed by atoms with van der Waals surface area (Å²) in [6.45, 7) is 0. The predicted molar refractivity (Wildman–Crippen MR) is 61.4 cm³/mol. The molecule has 0 saturated heterocycles. The number of pyridine rings is 1. The number of alkyl halides is 3. The van der Waals surface area contributed by atoms with Crippen LogP contribution in [-0.2, 0) is 15.9 Å². The van der Waals surface area contributed by atoms with Gasteiger partial charge in [0.2, 0.25) is 0 Å². The Morgan fingerprint density at radius 2 is 2.11 bits per heavy atom. The fourth-order valence-corrected chi connectivity index (χ4v) is 1.97. The summed E-state index contributed by atoms with van der Waals surface area (Å²) in [7, 11) is -3.03. The molecule has 1 atom stereocenters. The fraction of sp³-hybridized carbons (Fsp3) is 0.200. The Labute approximate surface area is 107 Å². The second kappa shape index (κ2) is 4.34. The zero-order chi connectivity index (χ0) is 14.3. The van der Waals surface area contributed by atoms with Crippen molar-refractivity contribution in [2.45, 2.75) is 11.2 Å². The Bertz CT molecular complexity index is 706. The first-order valence-electron chi connectivity index (χ1n) is 5.00. The molecule has 0 aliphatic rings. The summed E-state index contributed by atoms with van der Waals surface area (Å²) >= 11 is 0. The molecule has 0 aromatic carbocycles. The van der Waals surface area contributed by atoms with Crippen molar-refractivity contribution in [2.75, 3.05) is 6.26 Å². The number of halogens is 3. The van der Waals surface area contributed by atoms with Crippen molar-refractivity contribution in [1.82, 2.24) is 14.8 Å². The Kier molecular flexibility index (Phi) is 3.09. The third-order valence-electron chi connectivity index (χ3n) is 2.29. The molecule has 102 valence electrons. The summed E-state index contributed by atoms with van der Waals surface area (Å²) in [5.74, 6) is 0. The molecule has 0 fully saturated rings. The Hall–Kier alpha value is -1.90. The topological polar surface area (TPSA) is 71.6 Å². The molecule has 2 aromatic rings. The lowest BCUT2D eigenvalue weighted by molar-refractivity contribution is -0.137. The molecule has 9 heteroatoms. The summed E-state index contributed by atoms with van der Waals surface area (Å²) in [4.78, 5) is 3.77. The van der Waals surface area contributed by atoms with E-state index in [-0.39, 0.29) is 10.7 Å². The van der Waals surface area contributed by atoms with E-state index < -0.39 is 21.5 Å². The third-order valence-corrected chi connectivity index (χ3v) is 3.31. The molecule has 0 aliphatic heterocycles. The highest BCUT2D eigenvalue weighted by atomic mass is 32.2. The molecule has 2 heterocycles. The van der Waals surface area contributed by atoms with Gasteiger partial charge in [-0.25, -0.2) is 18.7 Å². The molecule has 1 N–H and O–H groups in total. The lowest BCUT2D eigenvalue weighted by atomic mass is 10.3. The first-order chi connectivity index (χ1) is 8.68. The standard InChI is InChI=1S/C10H9F3N4OS/c1-19(14,18)9-4-8(2-3-15-9)17-6-7(5-16-17)10(11,12)13/h2-6,14H,1H3. The molecule has 0 amide bonds. The van der Waals surface area contributed by atoms with E-state index in [1.54, 1.807) is 0 Å². The maximum atomic E-state index is 12.4. The van der Waals surface area contributed by atoms with E-state index in [4.69, 9.17) is 4.78 Å². The molecule has 5 nitrogen and oxygen atoms in total. The van der Waals surface area contributed by atoms with Gasteiger partial charge in [0, 0.05) is 18.6 Å². The molecule has 0 aliphatic carbocycles. The summed E-state index contributed by atoms with van der Waals surface area (Å²) < 4.78 is 57.3. The van der Waals surface area contributed by atoms with Crippen molar-refractivity contribution >= 4 is 9.73 Å². The average Bonchev–Trinajstić information content (AvgIpc) is 2.77. The van der Waals surface area contributed by atoms with E-state index in [9.17, 15) is 17.4 Å². The van der Waals surface area contributed by atoms with Crippen LogP contribution in [0.15, 0.2) is 35.7 Å². The maximum Gasteiger partial charge on any atom is 0.419 e. The minimum atomic E-state index is -4.47. The third kappa shape index (κ3) is 2.92. The molecule has 0 bridgehead atoms. The van der Waals surface area contributed by atoms with E-state index in [1.807, 2.05) is 0 Å². The zero-order valence-corrected chi connectivity index (χ0v) is 10.5. The van der Waals surface area contributed by atoms with Crippen LogP contribution in [0, 0.1) is 4.78 Å². The molecule has 2 rings (SSSR count). The fourth-order valence-electron chi connectivity index (χ4n) is 1.36. The maximum absolute atomic E-state index is 12.4. The van der Waals surface area contributed by atoms with Crippen LogP contribution in [0.1, 0.15) is 5.56 Å². The molecule has 0 radical (unpaired) electrons. The lowest BCUT2D eigenvalue weighted by Gasteiger charge is -2.05. The van der Waals surface area contributed by atoms with Crippen LogP contribution in [0.5, 0.6) is 0 Å². The van der Waals surface area contributed by atoms with Crippen LogP contribution < -0.4 is 0 Å². The minimum absolute atomic E-state index is 0.00550. The van der Waals surface area contributed by atoms with Crippen LogP contribution in [0.25, 0.3) is 5.69 Å². The molecule has 0 spiro atoms. The SMILES string of the molecule is CS(=N)(=O)c1cc(-n2cc(C(F)(F)F)cn2)ccn1. The smallest absolute Gasteiger partial charge is 0.248 e. The average molecular weight is 290 g/mol. The van der Waals surface area contributed by atoms with Gasteiger partial charge in [-0.05, 0) is 12.1 Å². The minimum Gasteiger partial charge on any atom is -0.248 e. The summed E-state index contributed by atoms with van der Waals surface area (Å²) in [6, 6.07) is 2.70.